The molecule has 0 fully saturated rings. The molecule has 0 atom stereocenters. The van der Waals surface area contributed by atoms with E-state index in [4.69, 9.17) is 0 Å². The third kappa shape index (κ3) is 2.03. The maximum Gasteiger partial charge on any atom is 0.388 e. The molecule has 59 valence electrons. The van der Waals surface area contributed by atoms with E-state index in [1.54, 1.807) is 0 Å². The van der Waals surface area contributed by atoms with E-state index in [0.29, 0.717) is 0 Å². The second-order valence-electron chi connectivity index (χ2n) is 1.69. The van der Waals surface area contributed by atoms with Crippen LogP contribution in [0.5, 0.6) is 11.6 Å². The summed E-state index contributed by atoms with van der Waals surface area (Å²) in [6.07, 6.45) is 1.21. The van der Waals surface area contributed by atoms with Crippen LogP contribution < -0.4 is 4.74 Å². The van der Waals surface area contributed by atoms with Gasteiger partial charge in [0.2, 0.25) is 5.75 Å². The van der Waals surface area contributed by atoms with E-state index in [1.165, 1.54) is 12.3 Å². The number of aromatic nitrogens is 1. The topological polar surface area (TPSA) is 42.0 Å². The minimum Gasteiger partial charge on any atom is -0.413 e. The summed E-state index contributed by atoms with van der Waals surface area (Å²) in [5.41, 5.74) is 0. The van der Waals surface area contributed by atoms with Crippen molar-refractivity contribution in [1.82, 2.24) is 4.98 Å². The van der Waals surface area contributed by atoms with Crippen molar-refractivity contribution in [2.75, 3.05) is 0 Å². The van der Waals surface area contributed by atoms with Crippen molar-refractivity contribution in [3.63, 3.8) is 0 Å². The summed E-state index contributed by atoms with van der Waals surface area (Å²) >= 11 is 0. The van der Waals surface area contributed by atoms with Crippen molar-refractivity contribution in [2.24, 2.45) is 0 Å². The molecule has 0 aromatic carbocycles. The van der Waals surface area contributed by atoms with Gasteiger partial charge >= 0.3 is 6.61 Å². The van der Waals surface area contributed by atoms with Gasteiger partial charge in [-0.3, -0.25) is 5.11 Å². The summed E-state index contributed by atoms with van der Waals surface area (Å²) in [5, 5.41) is 10.6. The zero-order valence-electron chi connectivity index (χ0n) is 5.33. The van der Waals surface area contributed by atoms with Crippen LogP contribution in [0.2, 0.25) is 0 Å². The van der Waals surface area contributed by atoms with E-state index in [9.17, 15) is 13.9 Å². The van der Waals surface area contributed by atoms with Gasteiger partial charge in [-0.2, -0.15) is 8.78 Å². The first kappa shape index (κ1) is 7.71. The smallest absolute Gasteiger partial charge is 0.388 e. The van der Waals surface area contributed by atoms with Crippen molar-refractivity contribution in [2.45, 2.75) is 6.61 Å². The maximum absolute atomic E-state index is 11.5. The van der Waals surface area contributed by atoms with Gasteiger partial charge in [0.05, 0.1) is 0 Å². The number of ether oxygens (including phenoxy) is 1. The van der Waals surface area contributed by atoms with Crippen LogP contribution in [0.3, 0.4) is 0 Å². The van der Waals surface area contributed by atoms with Crippen LogP contribution in [0.15, 0.2) is 18.3 Å². The fourth-order valence-corrected chi connectivity index (χ4v) is 0.549. The quantitative estimate of drug-likeness (QED) is 0.662. The summed E-state index contributed by atoms with van der Waals surface area (Å²) in [6.45, 7) is -3.00. The number of hydrogen-bond acceptors (Lipinski definition) is 2. The predicted molar refractivity (Wildman–Crippen MR) is 31.0 cm³/mol. The lowest BCUT2D eigenvalue weighted by molar-refractivity contribution is -0.0550. The van der Waals surface area contributed by atoms with E-state index >= 15 is 0 Å². The van der Waals surface area contributed by atoms with Gasteiger partial charge < -0.3 is 4.74 Å². The molecule has 0 N–H and O–H groups in total. The first-order chi connectivity index (χ1) is 5.20. The molecule has 1 radical (unpaired) electrons. The van der Waals surface area contributed by atoms with Gasteiger partial charge in [-0.05, 0) is 12.1 Å². The van der Waals surface area contributed by atoms with E-state index in [-0.39, 0.29) is 0 Å². The van der Waals surface area contributed by atoms with Crippen molar-refractivity contribution in [3.8, 4) is 11.6 Å². The molecule has 0 bridgehead atoms. The molecule has 0 saturated carbocycles. The largest absolute Gasteiger partial charge is 0.413 e. The first-order valence-corrected chi connectivity index (χ1v) is 2.77. The standard InChI is InChI=1S/C6H4F2NO2/c7-6(8)11-5-4(10)2-1-3-9-5/h1-3,6H. The molecule has 1 heterocycles. The van der Waals surface area contributed by atoms with Crippen LogP contribution in [0, 0.1) is 0 Å². The lowest BCUT2D eigenvalue weighted by atomic mass is 10.4. The van der Waals surface area contributed by atoms with Gasteiger partial charge in [-0.25, -0.2) is 4.98 Å². The van der Waals surface area contributed by atoms with Crippen LogP contribution in [0.25, 0.3) is 0 Å². The zero-order chi connectivity index (χ0) is 8.27. The van der Waals surface area contributed by atoms with E-state index in [1.807, 2.05) is 0 Å². The second-order valence-corrected chi connectivity index (χ2v) is 1.69. The Kier molecular flexibility index (Phi) is 2.20. The molecule has 0 aliphatic heterocycles. The monoisotopic (exact) mass is 160 g/mol. The summed E-state index contributed by atoms with van der Waals surface area (Å²) < 4.78 is 26.8. The van der Waals surface area contributed by atoms with Gasteiger partial charge in [0.15, 0.2) is 0 Å². The predicted octanol–water partition coefficient (Wildman–Crippen LogP) is 1.83. The number of rotatable bonds is 2. The minimum atomic E-state index is -3.00. The van der Waals surface area contributed by atoms with E-state index in [0.717, 1.165) is 6.07 Å². The van der Waals surface area contributed by atoms with Crippen LogP contribution >= 0.6 is 0 Å². The van der Waals surface area contributed by atoms with Crippen molar-refractivity contribution in [3.05, 3.63) is 18.3 Å². The molecule has 0 aliphatic carbocycles. The highest BCUT2D eigenvalue weighted by atomic mass is 19.3. The molecule has 0 spiro atoms. The Hall–Kier alpha value is -1.39. The molecule has 3 nitrogen and oxygen atoms in total. The zero-order valence-corrected chi connectivity index (χ0v) is 5.33. The molecule has 0 aliphatic rings. The highest BCUT2D eigenvalue weighted by molar-refractivity contribution is 5.30. The molecule has 1 aromatic heterocycles. The fraction of sp³-hybridized carbons (Fsp3) is 0.167. The molecule has 1 aromatic rings. The Labute approximate surface area is 61.3 Å². The van der Waals surface area contributed by atoms with Crippen molar-refractivity contribution in [1.29, 1.82) is 0 Å². The van der Waals surface area contributed by atoms with Crippen molar-refractivity contribution < 1.29 is 18.6 Å². The molecule has 0 amide bonds. The van der Waals surface area contributed by atoms with E-state index < -0.39 is 18.2 Å². The van der Waals surface area contributed by atoms with Gasteiger partial charge in [-0.15, -0.1) is 0 Å². The third-order valence-electron chi connectivity index (χ3n) is 0.937. The number of alkyl halides is 2. The molecule has 5 heteroatoms. The highest BCUT2D eigenvalue weighted by Gasteiger charge is 2.09. The first-order valence-electron chi connectivity index (χ1n) is 2.77. The van der Waals surface area contributed by atoms with Crippen LogP contribution in [0.1, 0.15) is 0 Å². The maximum atomic E-state index is 11.5. The summed E-state index contributed by atoms with van der Waals surface area (Å²) in [4.78, 5) is 3.30. The summed E-state index contributed by atoms with van der Waals surface area (Å²) in [5.74, 6) is -1.21. The Morgan fingerprint density at radius 3 is 2.82 bits per heavy atom. The minimum absolute atomic E-state index is 0.567. The van der Waals surface area contributed by atoms with Gasteiger partial charge in [0.25, 0.3) is 5.88 Å². The van der Waals surface area contributed by atoms with Gasteiger partial charge in [0, 0.05) is 6.20 Å². The van der Waals surface area contributed by atoms with Crippen LogP contribution in [0.4, 0.5) is 8.78 Å². The van der Waals surface area contributed by atoms with Crippen LogP contribution in [-0.2, 0) is 5.11 Å². The van der Waals surface area contributed by atoms with Crippen LogP contribution in [-0.4, -0.2) is 11.6 Å². The van der Waals surface area contributed by atoms with Gasteiger partial charge in [-0.1, -0.05) is 0 Å². The number of pyridine rings is 1. The lowest BCUT2D eigenvalue weighted by Crippen LogP contribution is -2.03. The fourth-order valence-electron chi connectivity index (χ4n) is 0.549. The Bertz CT molecular complexity index is 242. The number of halogens is 2. The highest BCUT2D eigenvalue weighted by Crippen LogP contribution is 2.23. The summed E-state index contributed by atoms with van der Waals surface area (Å²) in [7, 11) is 0. The third-order valence-corrected chi connectivity index (χ3v) is 0.937. The number of nitrogens with zero attached hydrogens (tertiary/aromatic N) is 1. The lowest BCUT2D eigenvalue weighted by Gasteiger charge is -2.01. The van der Waals surface area contributed by atoms with Gasteiger partial charge in [0.1, 0.15) is 0 Å². The Balaban J connectivity index is 2.78. The molecule has 0 unspecified atom stereocenters. The average molecular weight is 160 g/mol. The summed E-state index contributed by atoms with van der Waals surface area (Å²) in [6, 6.07) is 2.45. The molecule has 11 heavy (non-hydrogen) atoms. The normalized spacial score (nSPS) is 10.1. The Morgan fingerprint density at radius 2 is 2.27 bits per heavy atom. The molecular weight excluding hydrogens is 156 g/mol. The number of hydrogen-bond donors (Lipinski definition) is 0. The van der Waals surface area contributed by atoms with E-state index in [2.05, 4.69) is 9.72 Å². The molecule has 0 saturated heterocycles. The molecule has 1 rings (SSSR count). The van der Waals surface area contributed by atoms with Crippen molar-refractivity contribution >= 4 is 0 Å². The Morgan fingerprint density at radius 1 is 1.55 bits per heavy atom. The molecular formula is C6H4F2NO2. The average Bonchev–Trinajstić information content (AvgIpc) is 1.93. The SMILES string of the molecule is [O]c1cccnc1OC(F)F. The second kappa shape index (κ2) is 3.14.